The van der Waals surface area contributed by atoms with Crippen molar-refractivity contribution in [2.24, 2.45) is 0 Å². The SMILES string of the molecule is CC1CC(F)(F)CN1C(=O)c1nc(C(=O)NC2CS(O)(O)C2)sc1-c1cnc(NC(C)C(F)(F)F)cc1C(F)F. The lowest BCUT2D eigenvalue weighted by atomic mass is 10.1. The largest absolute Gasteiger partial charge is 0.408 e. The summed E-state index contributed by atoms with van der Waals surface area (Å²) in [6.07, 6.45) is -7.83. The summed E-state index contributed by atoms with van der Waals surface area (Å²) in [5.41, 5.74) is -1.83. The predicted octanol–water partition coefficient (Wildman–Crippen LogP) is 5.24. The van der Waals surface area contributed by atoms with Crippen molar-refractivity contribution in [3.05, 3.63) is 28.5 Å². The lowest BCUT2D eigenvalue weighted by Crippen LogP contribution is -2.50. The fourth-order valence-electron chi connectivity index (χ4n) is 4.31. The number of aromatic nitrogens is 2. The Hall–Kier alpha value is -2.70. The lowest BCUT2D eigenvalue weighted by molar-refractivity contribution is -0.138. The van der Waals surface area contributed by atoms with E-state index < -0.39 is 99.7 Å². The van der Waals surface area contributed by atoms with E-state index in [4.69, 9.17) is 0 Å². The molecule has 0 aromatic carbocycles. The van der Waals surface area contributed by atoms with Crippen LogP contribution in [0.15, 0.2) is 12.3 Å². The molecule has 0 spiro atoms. The molecule has 2 aliphatic heterocycles. The van der Waals surface area contributed by atoms with Crippen LogP contribution >= 0.6 is 21.9 Å². The first-order valence-electron chi connectivity index (χ1n) is 11.7. The average Bonchev–Trinajstić information content (AvgIpc) is 3.36. The quantitative estimate of drug-likeness (QED) is 0.312. The number of nitrogens with one attached hydrogen (secondary N) is 2. The molecule has 0 aliphatic carbocycles. The van der Waals surface area contributed by atoms with E-state index in [-0.39, 0.29) is 16.4 Å². The first-order valence-corrected chi connectivity index (χ1v) is 14.4. The highest BCUT2D eigenvalue weighted by Gasteiger charge is 2.46. The van der Waals surface area contributed by atoms with Crippen LogP contribution in [-0.4, -0.2) is 84.1 Å². The molecular weight excluding hydrogens is 595 g/mol. The van der Waals surface area contributed by atoms with Gasteiger partial charge in [0.05, 0.1) is 29.0 Å². The van der Waals surface area contributed by atoms with Crippen molar-refractivity contribution in [3.8, 4) is 10.4 Å². The summed E-state index contributed by atoms with van der Waals surface area (Å²) in [7, 11) is -2.81. The molecule has 4 rings (SSSR count). The van der Waals surface area contributed by atoms with Crippen molar-refractivity contribution in [1.29, 1.82) is 0 Å². The number of nitrogens with zero attached hydrogens (tertiary/aromatic N) is 3. The Kier molecular flexibility index (Phi) is 8.03. The minimum atomic E-state index is -4.70. The summed E-state index contributed by atoms with van der Waals surface area (Å²) < 4.78 is 114. The van der Waals surface area contributed by atoms with Crippen LogP contribution in [0.2, 0.25) is 0 Å². The second-order valence-electron chi connectivity index (χ2n) is 9.71. The zero-order valence-electron chi connectivity index (χ0n) is 20.8. The molecule has 2 aromatic heterocycles. The minimum Gasteiger partial charge on any atom is -0.359 e. The van der Waals surface area contributed by atoms with Gasteiger partial charge in [-0.3, -0.25) is 18.7 Å². The van der Waals surface area contributed by atoms with Crippen molar-refractivity contribution in [2.45, 2.75) is 56.9 Å². The van der Waals surface area contributed by atoms with Gasteiger partial charge in [0.2, 0.25) is 0 Å². The fourth-order valence-corrected chi connectivity index (χ4v) is 6.66. The molecule has 2 atom stereocenters. The number of carbonyl (C=O) groups excluding carboxylic acids is 2. The Morgan fingerprint density at radius 1 is 1.25 bits per heavy atom. The van der Waals surface area contributed by atoms with E-state index in [9.17, 15) is 49.4 Å². The molecule has 2 aliphatic rings. The van der Waals surface area contributed by atoms with Crippen LogP contribution in [0.5, 0.6) is 0 Å². The van der Waals surface area contributed by atoms with E-state index in [0.29, 0.717) is 17.4 Å². The molecule has 0 saturated carbocycles. The number of halogens is 7. The fraction of sp³-hybridized carbons (Fsp3) is 0.545. The summed E-state index contributed by atoms with van der Waals surface area (Å²) in [6, 6.07) is -3.03. The second kappa shape index (κ2) is 10.6. The highest BCUT2D eigenvalue weighted by molar-refractivity contribution is 8.25. The average molecular weight is 620 g/mol. The van der Waals surface area contributed by atoms with Crippen LogP contribution in [-0.2, 0) is 0 Å². The number of amides is 2. The molecular formula is C22H24F7N5O4S2. The number of anilines is 1. The van der Waals surface area contributed by atoms with E-state index >= 15 is 0 Å². The molecule has 2 amide bonds. The van der Waals surface area contributed by atoms with Gasteiger partial charge < -0.3 is 15.5 Å². The normalized spacial score (nSPS) is 22.1. The zero-order valence-corrected chi connectivity index (χ0v) is 22.4. The van der Waals surface area contributed by atoms with Crippen molar-refractivity contribution >= 4 is 39.6 Å². The van der Waals surface area contributed by atoms with E-state index in [1.54, 1.807) is 0 Å². The van der Waals surface area contributed by atoms with Crippen LogP contribution in [0.1, 0.15) is 52.5 Å². The van der Waals surface area contributed by atoms with Gasteiger partial charge >= 0.3 is 6.18 Å². The maximum Gasteiger partial charge on any atom is 0.408 e. The van der Waals surface area contributed by atoms with Gasteiger partial charge in [0.1, 0.15) is 17.6 Å². The number of hydrogen-bond donors (Lipinski definition) is 4. The molecule has 222 valence electrons. The molecule has 0 bridgehead atoms. The molecule has 9 nitrogen and oxygen atoms in total. The summed E-state index contributed by atoms with van der Waals surface area (Å²) >= 11 is 0.491. The van der Waals surface area contributed by atoms with Crippen LogP contribution in [0.3, 0.4) is 0 Å². The molecule has 18 heteroatoms. The van der Waals surface area contributed by atoms with E-state index in [2.05, 4.69) is 15.3 Å². The van der Waals surface area contributed by atoms with E-state index in [1.165, 1.54) is 6.92 Å². The lowest BCUT2D eigenvalue weighted by Gasteiger charge is -2.46. The van der Waals surface area contributed by atoms with Crippen molar-refractivity contribution < 1.29 is 49.4 Å². The van der Waals surface area contributed by atoms with Gasteiger partial charge in [0.25, 0.3) is 24.2 Å². The summed E-state index contributed by atoms with van der Waals surface area (Å²) in [5.74, 6) is -5.90. The molecule has 4 heterocycles. The molecule has 40 heavy (non-hydrogen) atoms. The summed E-state index contributed by atoms with van der Waals surface area (Å²) in [6.45, 7) is 1.15. The van der Waals surface area contributed by atoms with Gasteiger partial charge in [-0.15, -0.1) is 11.3 Å². The number of thiazole rings is 1. The van der Waals surface area contributed by atoms with Gasteiger partial charge in [-0.1, -0.05) is 0 Å². The Morgan fingerprint density at radius 2 is 1.90 bits per heavy atom. The smallest absolute Gasteiger partial charge is 0.359 e. The third-order valence-corrected chi connectivity index (χ3v) is 9.31. The highest BCUT2D eigenvalue weighted by Crippen LogP contribution is 2.48. The Balaban J connectivity index is 1.74. The highest BCUT2D eigenvalue weighted by atomic mass is 32.3. The summed E-state index contributed by atoms with van der Waals surface area (Å²) in [5, 5.41) is 4.06. The van der Waals surface area contributed by atoms with Crippen LogP contribution in [0.25, 0.3) is 10.4 Å². The minimum absolute atomic E-state index is 0.118. The van der Waals surface area contributed by atoms with Gasteiger partial charge in [0, 0.05) is 29.8 Å². The molecule has 2 fully saturated rings. The second-order valence-corrected chi connectivity index (χ2v) is 13.0. The van der Waals surface area contributed by atoms with Crippen molar-refractivity contribution in [2.75, 3.05) is 23.4 Å². The monoisotopic (exact) mass is 619 g/mol. The van der Waals surface area contributed by atoms with Gasteiger partial charge in [0.15, 0.2) is 5.01 Å². The van der Waals surface area contributed by atoms with E-state index in [1.807, 2.05) is 5.32 Å². The molecule has 2 unspecified atom stereocenters. The Morgan fingerprint density at radius 3 is 2.42 bits per heavy atom. The van der Waals surface area contributed by atoms with Crippen molar-refractivity contribution in [1.82, 2.24) is 20.2 Å². The first kappa shape index (κ1) is 30.3. The van der Waals surface area contributed by atoms with Crippen LogP contribution in [0.4, 0.5) is 36.6 Å². The van der Waals surface area contributed by atoms with E-state index in [0.717, 1.165) is 18.0 Å². The standard InChI is InChI=1S/C22H24F7N5O4S2/c1-9-4-21(25,26)8-34(9)20(36)15-16(39-19(33-15)18(35)32-11-6-40(37,38)7-11)13-5-30-14(3-12(13)17(23)24)31-10(2)22(27,28)29/h3,5,9-11,17,37-38H,4,6-8H2,1-2H3,(H,30,31)(H,32,35). The number of hydrogen-bond acceptors (Lipinski definition) is 8. The van der Waals surface area contributed by atoms with Gasteiger partial charge in [-0.05, 0) is 19.9 Å². The third-order valence-electron chi connectivity index (χ3n) is 6.36. The molecule has 0 radical (unpaired) electrons. The first-order chi connectivity index (χ1) is 18.4. The topological polar surface area (TPSA) is 128 Å². The number of likely N-dealkylation sites (tertiary alicyclic amines) is 1. The summed E-state index contributed by atoms with van der Waals surface area (Å²) in [4.78, 5) is 34.4. The third kappa shape index (κ3) is 6.44. The van der Waals surface area contributed by atoms with Crippen LogP contribution < -0.4 is 10.6 Å². The predicted molar refractivity (Wildman–Crippen MR) is 133 cm³/mol. The number of carbonyl (C=O) groups is 2. The molecule has 2 saturated heterocycles. The number of rotatable bonds is 7. The molecule has 2 aromatic rings. The van der Waals surface area contributed by atoms with Crippen molar-refractivity contribution in [3.63, 3.8) is 0 Å². The van der Waals surface area contributed by atoms with Crippen LogP contribution in [0, 0.1) is 0 Å². The number of pyridine rings is 1. The van der Waals surface area contributed by atoms with Gasteiger partial charge in [-0.2, -0.15) is 23.8 Å². The zero-order chi connectivity index (χ0) is 29.8. The Labute approximate surface area is 228 Å². The Bertz CT molecular complexity index is 1300. The van der Waals surface area contributed by atoms with Gasteiger partial charge in [-0.25, -0.2) is 27.5 Å². The maximum atomic E-state index is 14.1. The maximum absolute atomic E-state index is 14.1. The number of alkyl halides is 7. The molecule has 4 N–H and O–H groups in total.